The predicted molar refractivity (Wildman–Crippen MR) is 102 cm³/mol. The Kier molecular flexibility index (Phi) is 5.00. The molecule has 0 saturated heterocycles. The van der Waals surface area contributed by atoms with Crippen molar-refractivity contribution in [3.8, 4) is 0 Å². The number of fused-ring (bicyclic) bond motifs is 1. The van der Waals surface area contributed by atoms with Crippen LogP contribution in [0.15, 0.2) is 53.7 Å². The van der Waals surface area contributed by atoms with Gasteiger partial charge in [-0.3, -0.25) is 4.79 Å². The number of carbonyl (C=O) groups is 1. The van der Waals surface area contributed by atoms with Crippen molar-refractivity contribution >= 4 is 11.6 Å². The molecule has 1 aliphatic heterocycles. The number of benzene rings is 2. The Morgan fingerprint density at radius 1 is 1.08 bits per heavy atom. The van der Waals surface area contributed by atoms with Crippen LogP contribution < -0.4 is 5.32 Å². The van der Waals surface area contributed by atoms with Gasteiger partial charge in [-0.2, -0.15) is 0 Å². The number of amides is 1. The number of aryl methyl sites for hydroxylation is 1. The summed E-state index contributed by atoms with van der Waals surface area (Å²) in [5.41, 5.74) is 5.52. The number of hydrogen-bond donors (Lipinski definition) is 1. The molecule has 2 aromatic rings. The second-order valence-electron chi connectivity index (χ2n) is 7.11. The molecule has 0 aromatic heterocycles. The summed E-state index contributed by atoms with van der Waals surface area (Å²) >= 11 is 0. The molecule has 26 heavy (non-hydrogen) atoms. The third-order valence-corrected chi connectivity index (χ3v) is 5.19. The van der Waals surface area contributed by atoms with Gasteiger partial charge in [0.15, 0.2) is 0 Å². The Bertz CT molecular complexity index is 814. The Balaban J connectivity index is 1.32. The van der Waals surface area contributed by atoms with E-state index in [1.165, 1.54) is 29.5 Å². The van der Waals surface area contributed by atoms with Crippen molar-refractivity contribution in [2.45, 2.75) is 44.6 Å². The zero-order valence-corrected chi connectivity index (χ0v) is 14.9. The Morgan fingerprint density at radius 3 is 2.81 bits per heavy atom. The first-order valence-corrected chi connectivity index (χ1v) is 9.44. The van der Waals surface area contributed by atoms with Gasteiger partial charge in [-0.15, -0.1) is 0 Å². The van der Waals surface area contributed by atoms with Crippen LogP contribution in [-0.4, -0.2) is 24.3 Å². The lowest BCUT2D eigenvalue weighted by Gasteiger charge is -2.18. The molecule has 0 saturated carbocycles. The van der Waals surface area contributed by atoms with Crippen LogP contribution in [-0.2, 0) is 24.1 Å². The third-order valence-electron chi connectivity index (χ3n) is 5.19. The standard InChI is InChI=1S/C22H24N2O2/c25-22(21-12-6-10-17-9-4-5-11-20(17)21)23-15-18-14-19(26-24-18)13-16-7-2-1-3-8-16/h1-3,6-8,10,12,19H,4-5,9,11,13-15H2,(H,23,25). The minimum Gasteiger partial charge on any atom is -0.392 e. The summed E-state index contributed by atoms with van der Waals surface area (Å²) in [4.78, 5) is 18.2. The van der Waals surface area contributed by atoms with Gasteiger partial charge < -0.3 is 10.2 Å². The third kappa shape index (κ3) is 3.79. The van der Waals surface area contributed by atoms with Crippen molar-refractivity contribution in [1.29, 1.82) is 0 Å². The Hall–Kier alpha value is -2.62. The monoisotopic (exact) mass is 348 g/mol. The van der Waals surface area contributed by atoms with Crippen LogP contribution in [0.5, 0.6) is 0 Å². The lowest BCUT2D eigenvalue weighted by molar-refractivity contribution is 0.0859. The number of oxime groups is 1. The summed E-state index contributed by atoms with van der Waals surface area (Å²) < 4.78 is 0. The van der Waals surface area contributed by atoms with Crippen molar-refractivity contribution in [2.24, 2.45) is 5.16 Å². The summed E-state index contributed by atoms with van der Waals surface area (Å²) in [6, 6.07) is 16.4. The molecule has 1 aliphatic carbocycles. The average molecular weight is 348 g/mol. The van der Waals surface area contributed by atoms with Crippen molar-refractivity contribution in [1.82, 2.24) is 5.32 Å². The van der Waals surface area contributed by atoms with Gasteiger partial charge in [0.1, 0.15) is 6.10 Å². The van der Waals surface area contributed by atoms with Gasteiger partial charge in [-0.05, 0) is 48.4 Å². The fourth-order valence-corrected chi connectivity index (χ4v) is 3.85. The second-order valence-corrected chi connectivity index (χ2v) is 7.11. The maximum absolute atomic E-state index is 12.6. The molecule has 0 radical (unpaired) electrons. The maximum atomic E-state index is 12.6. The molecule has 1 atom stereocenters. The van der Waals surface area contributed by atoms with E-state index in [0.29, 0.717) is 6.54 Å². The molecule has 0 spiro atoms. The average Bonchev–Trinajstić information content (AvgIpc) is 3.14. The molecule has 4 nitrogen and oxygen atoms in total. The molecule has 2 aromatic carbocycles. The lowest BCUT2D eigenvalue weighted by atomic mass is 9.88. The van der Waals surface area contributed by atoms with Crippen LogP contribution in [0.2, 0.25) is 0 Å². The van der Waals surface area contributed by atoms with Crippen LogP contribution in [0.25, 0.3) is 0 Å². The van der Waals surface area contributed by atoms with E-state index in [1.807, 2.05) is 30.3 Å². The smallest absolute Gasteiger partial charge is 0.251 e. The SMILES string of the molecule is O=C(NCC1=NOC(Cc2ccccc2)C1)c1cccc2c1CCCC2. The van der Waals surface area contributed by atoms with E-state index in [-0.39, 0.29) is 12.0 Å². The largest absolute Gasteiger partial charge is 0.392 e. The molecule has 134 valence electrons. The van der Waals surface area contributed by atoms with Gasteiger partial charge >= 0.3 is 0 Å². The van der Waals surface area contributed by atoms with Gasteiger partial charge in [0.25, 0.3) is 5.91 Å². The number of rotatable bonds is 5. The fraction of sp³-hybridized carbons (Fsp3) is 0.364. The lowest BCUT2D eigenvalue weighted by Crippen LogP contribution is -2.30. The molecule has 4 rings (SSSR count). The van der Waals surface area contributed by atoms with E-state index in [4.69, 9.17) is 4.84 Å². The van der Waals surface area contributed by atoms with Crippen LogP contribution in [0.3, 0.4) is 0 Å². The normalized spacial score (nSPS) is 18.6. The van der Waals surface area contributed by atoms with Crippen molar-refractivity contribution in [3.05, 3.63) is 70.8 Å². The van der Waals surface area contributed by atoms with Gasteiger partial charge in [0, 0.05) is 18.4 Å². The van der Waals surface area contributed by atoms with Crippen LogP contribution in [0.4, 0.5) is 0 Å². The quantitative estimate of drug-likeness (QED) is 0.896. The minimum atomic E-state index is -0.00189. The van der Waals surface area contributed by atoms with Crippen molar-refractivity contribution in [2.75, 3.05) is 6.54 Å². The van der Waals surface area contributed by atoms with E-state index in [9.17, 15) is 4.79 Å². The first-order valence-electron chi connectivity index (χ1n) is 9.44. The van der Waals surface area contributed by atoms with E-state index in [2.05, 4.69) is 28.7 Å². The summed E-state index contributed by atoms with van der Waals surface area (Å²) in [5.74, 6) is -0.00189. The van der Waals surface area contributed by atoms with Gasteiger partial charge in [0.2, 0.25) is 0 Å². The summed E-state index contributed by atoms with van der Waals surface area (Å²) in [6.07, 6.45) is 6.14. The molecular weight excluding hydrogens is 324 g/mol. The number of nitrogens with zero attached hydrogens (tertiary/aromatic N) is 1. The zero-order chi connectivity index (χ0) is 17.8. The maximum Gasteiger partial charge on any atom is 0.251 e. The molecular formula is C22H24N2O2. The summed E-state index contributed by atoms with van der Waals surface area (Å²) in [7, 11) is 0. The van der Waals surface area contributed by atoms with Crippen LogP contribution >= 0.6 is 0 Å². The van der Waals surface area contributed by atoms with E-state index < -0.39 is 0 Å². The van der Waals surface area contributed by atoms with E-state index in [0.717, 1.165) is 37.0 Å². The Morgan fingerprint density at radius 2 is 1.92 bits per heavy atom. The molecule has 1 heterocycles. The molecule has 0 bridgehead atoms. The highest BCUT2D eigenvalue weighted by Crippen LogP contribution is 2.24. The van der Waals surface area contributed by atoms with Crippen molar-refractivity contribution in [3.63, 3.8) is 0 Å². The number of nitrogens with one attached hydrogen (secondary N) is 1. The van der Waals surface area contributed by atoms with Crippen molar-refractivity contribution < 1.29 is 9.63 Å². The number of carbonyl (C=O) groups excluding carboxylic acids is 1. The zero-order valence-electron chi connectivity index (χ0n) is 14.9. The minimum absolute atomic E-state index is 0.00189. The van der Waals surface area contributed by atoms with Gasteiger partial charge in [-0.25, -0.2) is 0 Å². The highest BCUT2D eigenvalue weighted by molar-refractivity contribution is 5.99. The topological polar surface area (TPSA) is 50.7 Å². The first-order chi connectivity index (χ1) is 12.8. The van der Waals surface area contributed by atoms with Crippen LogP contribution in [0.1, 0.15) is 46.3 Å². The predicted octanol–water partition coefficient (Wildman–Crippen LogP) is 3.68. The highest BCUT2D eigenvalue weighted by Gasteiger charge is 2.23. The molecule has 1 unspecified atom stereocenters. The fourth-order valence-electron chi connectivity index (χ4n) is 3.85. The van der Waals surface area contributed by atoms with E-state index >= 15 is 0 Å². The van der Waals surface area contributed by atoms with Crippen LogP contribution in [0, 0.1) is 0 Å². The second kappa shape index (κ2) is 7.73. The Labute approximate surface area is 154 Å². The number of hydrogen-bond acceptors (Lipinski definition) is 3. The van der Waals surface area contributed by atoms with E-state index in [1.54, 1.807) is 0 Å². The highest BCUT2D eigenvalue weighted by atomic mass is 16.6. The first kappa shape index (κ1) is 16.8. The molecule has 1 amide bonds. The van der Waals surface area contributed by atoms with Gasteiger partial charge in [-0.1, -0.05) is 47.6 Å². The molecule has 0 fully saturated rings. The molecule has 1 N–H and O–H groups in total. The molecule has 4 heteroatoms. The summed E-state index contributed by atoms with van der Waals surface area (Å²) in [5, 5.41) is 7.19. The summed E-state index contributed by atoms with van der Waals surface area (Å²) in [6.45, 7) is 0.452. The molecule has 2 aliphatic rings. The van der Waals surface area contributed by atoms with Gasteiger partial charge in [0.05, 0.1) is 12.3 Å².